The van der Waals surface area contributed by atoms with Crippen molar-refractivity contribution in [3.63, 3.8) is 0 Å². The molecular weight excluding hydrogens is 240 g/mol. The van der Waals surface area contributed by atoms with Crippen molar-refractivity contribution in [2.45, 2.75) is 19.4 Å². The topological polar surface area (TPSA) is 72.1 Å². The minimum absolute atomic E-state index is 0.0158. The Morgan fingerprint density at radius 1 is 1.32 bits per heavy atom. The van der Waals surface area contributed by atoms with Crippen molar-refractivity contribution in [1.29, 1.82) is 0 Å². The fraction of sp³-hybridized carbons (Fsp3) is 0.214. The predicted molar refractivity (Wildman–Crippen MR) is 71.9 cm³/mol. The molecular formula is C14H14N4O. The maximum Gasteiger partial charge on any atom is 0.237 e. The average molecular weight is 254 g/mol. The lowest BCUT2D eigenvalue weighted by molar-refractivity contribution is -0.116. The lowest BCUT2D eigenvalue weighted by atomic mass is 10.1. The molecule has 0 spiro atoms. The summed E-state index contributed by atoms with van der Waals surface area (Å²) in [6, 6.07) is 7.65. The van der Waals surface area contributed by atoms with Crippen molar-refractivity contribution in [2.24, 2.45) is 5.73 Å². The Morgan fingerprint density at radius 3 is 2.74 bits per heavy atom. The number of fused-ring (bicyclic) bond motifs is 1. The summed E-state index contributed by atoms with van der Waals surface area (Å²) in [5.74, 6) is 0.692. The predicted octanol–water partition coefficient (Wildman–Crippen LogP) is 1.72. The second kappa shape index (κ2) is 4.44. The molecule has 5 heteroatoms. The monoisotopic (exact) mass is 254 g/mol. The van der Waals surface area contributed by atoms with Gasteiger partial charge in [0.25, 0.3) is 0 Å². The summed E-state index contributed by atoms with van der Waals surface area (Å²) in [6.45, 7) is 1.93. The van der Waals surface area contributed by atoms with Crippen LogP contribution in [-0.4, -0.2) is 15.9 Å². The molecule has 0 aliphatic carbocycles. The fourth-order valence-electron chi connectivity index (χ4n) is 2.23. The Labute approximate surface area is 111 Å². The van der Waals surface area contributed by atoms with Crippen LogP contribution in [0.25, 0.3) is 0 Å². The zero-order chi connectivity index (χ0) is 13.4. The molecule has 0 saturated heterocycles. The van der Waals surface area contributed by atoms with Gasteiger partial charge in [-0.1, -0.05) is 12.1 Å². The van der Waals surface area contributed by atoms with Crippen molar-refractivity contribution < 1.29 is 4.79 Å². The van der Waals surface area contributed by atoms with E-state index in [0.29, 0.717) is 12.2 Å². The molecule has 1 aliphatic heterocycles. The standard InChI is InChI=1S/C14H14N4O/c1-9(15)10-2-4-12(5-3-10)18-13(19)6-11-7-16-8-17-14(11)18/h2-5,7-9H,6,15H2,1H3. The molecule has 2 N–H and O–H groups in total. The maximum absolute atomic E-state index is 12.1. The largest absolute Gasteiger partial charge is 0.324 e. The SMILES string of the molecule is CC(N)c1ccc(N2C(=O)Cc3cncnc32)cc1. The maximum atomic E-state index is 12.1. The summed E-state index contributed by atoms with van der Waals surface area (Å²) < 4.78 is 0. The van der Waals surface area contributed by atoms with Gasteiger partial charge in [0.1, 0.15) is 12.1 Å². The molecule has 0 radical (unpaired) electrons. The highest BCUT2D eigenvalue weighted by Crippen LogP contribution is 2.33. The van der Waals surface area contributed by atoms with Crippen molar-refractivity contribution in [3.05, 3.63) is 47.9 Å². The molecule has 1 aromatic carbocycles. The second-order valence-corrected chi connectivity index (χ2v) is 4.66. The summed E-state index contributed by atoms with van der Waals surface area (Å²) in [4.78, 5) is 21.9. The Balaban J connectivity index is 2.00. The Morgan fingerprint density at radius 2 is 2.05 bits per heavy atom. The minimum Gasteiger partial charge on any atom is -0.324 e. The number of aromatic nitrogens is 2. The summed E-state index contributed by atoms with van der Waals surface area (Å²) in [7, 11) is 0. The van der Waals surface area contributed by atoms with Crippen molar-refractivity contribution in [2.75, 3.05) is 4.90 Å². The number of benzene rings is 1. The number of amides is 1. The first kappa shape index (κ1) is 11.8. The van der Waals surface area contributed by atoms with E-state index in [1.54, 1.807) is 11.1 Å². The van der Waals surface area contributed by atoms with Crippen LogP contribution in [0.5, 0.6) is 0 Å². The van der Waals surface area contributed by atoms with E-state index in [2.05, 4.69) is 9.97 Å². The van der Waals surface area contributed by atoms with E-state index in [1.165, 1.54) is 6.33 Å². The van der Waals surface area contributed by atoms with E-state index < -0.39 is 0 Å². The number of hydrogen-bond donors (Lipinski definition) is 1. The highest BCUT2D eigenvalue weighted by molar-refractivity contribution is 6.06. The van der Waals surface area contributed by atoms with Gasteiger partial charge >= 0.3 is 0 Å². The number of rotatable bonds is 2. The van der Waals surface area contributed by atoms with Gasteiger partial charge in [0.2, 0.25) is 5.91 Å². The Hall–Kier alpha value is -2.27. The number of hydrogen-bond acceptors (Lipinski definition) is 4. The number of nitrogens with two attached hydrogens (primary N) is 1. The summed E-state index contributed by atoms with van der Waals surface area (Å²) in [5.41, 5.74) is 8.54. The molecule has 2 aromatic rings. The van der Waals surface area contributed by atoms with Gasteiger partial charge < -0.3 is 5.73 Å². The van der Waals surface area contributed by atoms with Gasteiger partial charge in [0.05, 0.1) is 12.1 Å². The molecule has 1 amide bonds. The summed E-state index contributed by atoms with van der Waals surface area (Å²) in [5, 5.41) is 0. The van der Waals surface area contributed by atoms with E-state index in [4.69, 9.17) is 5.73 Å². The van der Waals surface area contributed by atoms with Gasteiger partial charge in [-0.3, -0.25) is 9.69 Å². The highest BCUT2D eigenvalue weighted by atomic mass is 16.2. The van der Waals surface area contributed by atoms with Crippen molar-refractivity contribution >= 4 is 17.4 Å². The molecule has 1 aliphatic rings. The first-order chi connectivity index (χ1) is 9.16. The number of nitrogens with zero attached hydrogens (tertiary/aromatic N) is 3. The minimum atomic E-state index is -0.0158. The first-order valence-corrected chi connectivity index (χ1v) is 6.14. The van der Waals surface area contributed by atoms with Crippen LogP contribution in [0.4, 0.5) is 11.5 Å². The molecule has 0 fully saturated rings. The van der Waals surface area contributed by atoms with Gasteiger partial charge in [-0.15, -0.1) is 0 Å². The number of carbonyl (C=O) groups excluding carboxylic acids is 1. The smallest absolute Gasteiger partial charge is 0.237 e. The van der Waals surface area contributed by atoms with E-state index in [0.717, 1.165) is 16.8 Å². The van der Waals surface area contributed by atoms with Crippen molar-refractivity contribution in [3.8, 4) is 0 Å². The van der Waals surface area contributed by atoms with Gasteiger partial charge in [0.15, 0.2) is 0 Å². The second-order valence-electron chi connectivity index (χ2n) is 4.66. The average Bonchev–Trinajstić information content (AvgIpc) is 2.74. The molecule has 2 heterocycles. The molecule has 1 unspecified atom stereocenters. The van der Waals surface area contributed by atoms with E-state index in [9.17, 15) is 4.79 Å². The van der Waals surface area contributed by atoms with Crippen LogP contribution in [0.3, 0.4) is 0 Å². The molecule has 96 valence electrons. The molecule has 3 rings (SSSR count). The van der Waals surface area contributed by atoms with Gasteiger partial charge in [0, 0.05) is 17.8 Å². The van der Waals surface area contributed by atoms with Crippen LogP contribution >= 0.6 is 0 Å². The van der Waals surface area contributed by atoms with Gasteiger partial charge in [-0.25, -0.2) is 9.97 Å². The van der Waals surface area contributed by atoms with Crippen LogP contribution in [-0.2, 0) is 11.2 Å². The van der Waals surface area contributed by atoms with Gasteiger partial charge in [-0.05, 0) is 24.6 Å². The van der Waals surface area contributed by atoms with Crippen LogP contribution < -0.4 is 10.6 Å². The Kier molecular flexibility index (Phi) is 2.76. The van der Waals surface area contributed by atoms with Gasteiger partial charge in [-0.2, -0.15) is 0 Å². The summed E-state index contributed by atoms with van der Waals surface area (Å²) in [6.07, 6.45) is 3.50. The third kappa shape index (κ3) is 1.98. The van der Waals surface area contributed by atoms with Crippen molar-refractivity contribution in [1.82, 2.24) is 9.97 Å². The highest BCUT2D eigenvalue weighted by Gasteiger charge is 2.29. The third-order valence-electron chi connectivity index (χ3n) is 3.24. The van der Waals surface area contributed by atoms with Crippen LogP contribution in [0.2, 0.25) is 0 Å². The molecule has 5 nitrogen and oxygen atoms in total. The molecule has 0 saturated carbocycles. The molecule has 1 aromatic heterocycles. The Bertz CT molecular complexity index is 622. The van der Waals surface area contributed by atoms with E-state index >= 15 is 0 Å². The van der Waals surface area contributed by atoms with Crippen LogP contribution in [0.1, 0.15) is 24.1 Å². The number of anilines is 2. The first-order valence-electron chi connectivity index (χ1n) is 6.14. The zero-order valence-electron chi connectivity index (χ0n) is 10.6. The lowest BCUT2D eigenvalue weighted by Crippen LogP contribution is -2.21. The van der Waals surface area contributed by atoms with Crippen LogP contribution in [0, 0.1) is 0 Å². The molecule has 1 atom stereocenters. The normalized spacial score (nSPS) is 15.5. The van der Waals surface area contributed by atoms with E-state index in [-0.39, 0.29) is 11.9 Å². The third-order valence-corrected chi connectivity index (χ3v) is 3.24. The fourth-order valence-corrected chi connectivity index (χ4v) is 2.23. The molecule has 19 heavy (non-hydrogen) atoms. The van der Waals surface area contributed by atoms with E-state index in [1.807, 2.05) is 31.2 Å². The number of carbonyl (C=O) groups is 1. The van der Waals surface area contributed by atoms with Crippen LogP contribution in [0.15, 0.2) is 36.8 Å². The molecule has 0 bridgehead atoms. The lowest BCUT2D eigenvalue weighted by Gasteiger charge is -2.17. The zero-order valence-corrected chi connectivity index (χ0v) is 10.6. The summed E-state index contributed by atoms with van der Waals surface area (Å²) >= 11 is 0. The quantitative estimate of drug-likeness (QED) is 0.885.